The third-order valence-electron chi connectivity index (χ3n) is 2.82. The molecule has 0 aliphatic rings. The lowest BCUT2D eigenvalue weighted by molar-refractivity contribution is -0.108. The Bertz CT molecular complexity index is 439. The number of nitrogens with one attached hydrogen (secondary N) is 2. The maximum absolute atomic E-state index is 10.4. The molecule has 5 heteroatoms. The van der Waals surface area contributed by atoms with Crippen LogP contribution in [0, 0.1) is 16.7 Å². The molecule has 1 rings (SSSR count). The lowest BCUT2D eigenvalue weighted by atomic mass is 9.93. The topological polar surface area (TPSA) is 117 Å². The number of carbonyl (C=O) groups is 1. The molecule has 1 atom stereocenters. The van der Waals surface area contributed by atoms with Crippen LogP contribution in [0.2, 0.25) is 0 Å². The van der Waals surface area contributed by atoms with Gasteiger partial charge in [0.25, 0.3) is 0 Å². The van der Waals surface area contributed by atoms with Gasteiger partial charge in [-0.3, -0.25) is 10.8 Å². The van der Waals surface area contributed by atoms with Crippen LogP contribution in [0.1, 0.15) is 24.0 Å². The molecule has 1 unspecified atom stereocenters. The lowest BCUT2D eigenvalue weighted by Gasteiger charge is -2.14. The number of nitrogen functional groups attached to an aromatic ring is 1. The number of benzene rings is 1. The summed E-state index contributed by atoms with van der Waals surface area (Å²) in [7, 11) is 0. The van der Waals surface area contributed by atoms with Crippen LogP contribution in [0.5, 0.6) is 0 Å². The summed E-state index contributed by atoms with van der Waals surface area (Å²) in [5.74, 6) is 0.0245. The van der Waals surface area contributed by atoms with Gasteiger partial charge < -0.3 is 16.3 Å². The summed E-state index contributed by atoms with van der Waals surface area (Å²) < 4.78 is 0. The lowest BCUT2D eigenvalue weighted by Crippen LogP contribution is -2.24. The van der Waals surface area contributed by atoms with E-state index < -0.39 is 0 Å². The summed E-state index contributed by atoms with van der Waals surface area (Å²) in [6.45, 7) is 0. The molecule has 1 aromatic carbocycles. The first-order chi connectivity index (χ1) is 8.54. The molecule has 0 spiro atoms. The van der Waals surface area contributed by atoms with Gasteiger partial charge in [0.15, 0.2) is 0 Å². The van der Waals surface area contributed by atoms with Crippen molar-refractivity contribution >= 4 is 18.0 Å². The Morgan fingerprint density at radius 1 is 1.22 bits per heavy atom. The summed E-state index contributed by atoms with van der Waals surface area (Å²) in [6.07, 6.45) is 2.47. The van der Waals surface area contributed by atoms with Gasteiger partial charge in [-0.2, -0.15) is 0 Å². The molecule has 0 aliphatic carbocycles. The highest BCUT2D eigenvalue weighted by atomic mass is 16.1. The molecule has 0 saturated heterocycles. The Hall–Kier alpha value is -2.17. The molecule has 0 aromatic heterocycles. The van der Waals surface area contributed by atoms with Crippen molar-refractivity contribution in [3.63, 3.8) is 0 Å². The van der Waals surface area contributed by atoms with Crippen molar-refractivity contribution in [2.45, 2.75) is 19.3 Å². The summed E-state index contributed by atoms with van der Waals surface area (Å²) in [4.78, 5) is 10.4. The van der Waals surface area contributed by atoms with Crippen LogP contribution in [0.15, 0.2) is 24.3 Å². The minimum absolute atomic E-state index is 0.0330. The van der Waals surface area contributed by atoms with E-state index in [1.165, 1.54) is 0 Å². The molecule has 0 amide bonds. The van der Waals surface area contributed by atoms with Crippen molar-refractivity contribution in [3.05, 3.63) is 35.4 Å². The van der Waals surface area contributed by atoms with Gasteiger partial charge in [-0.1, -0.05) is 24.3 Å². The van der Waals surface area contributed by atoms with Crippen molar-refractivity contribution in [2.24, 2.45) is 17.4 Å². The molecule has 0 aliphatic heterocycles. The predicted octanol–water partition coefficient (Wildman–Crippen LogP) is 1.04. The molecule has 18 heavy (non-hydrogen) atoms. The minimum atomic E-state index is -0.113. The number of hydrogen-bond acceptors (Lipinski definition) is 3. The van der Waals surface area contributed by atoms with Crippen molar-refractivity contribution in [3.8, 4) is 0 Å². The van der Waals surface area contributed by atoms with Crippen LogP contribution < -0.4 is 11.5 Å². The zero-order valence-corrected chi connectivity index (χ0v) is 10.1. The molecule has 0 saturated carbocycles. The number of aldehydes is 1. The summed E-state index contributed by atoms with van der Waals surface area (Å²) in [5.41, 5.74) is 12.6. The van der Waals surface area contributed by atoms with Gasteiger partial charge in [0.1, 0.15) is 12.1 Å². The van der Waals surface area contributed by atoms with Crippen LogP contribution in [0.4, 0.5) is 0 Å². The largest absolute Gasteiger partial charge is 0.387 e. The molecule has 5 nitrogen and oxygen atoms in total. The molecule has 0 bridgehead atoms. The first kappa shape index (κ1) is 13.9. The van der Waals surface area contributed by atoms with E-state index in [-0.39, 0.29) is 17.6 Å². The number of amidine groups is 2. The second-order valence-electron chi connectivity index (χ2n) is 4.21. The Balaban J connectivity index is 2.71. The van der Waals surface area contributed by atoms with E-state index in [1.54, 1.807) is 12.1 Å². The SMILES string of the molecule is N=C(N)c1ccc(CC(CCC=O)C(=N)N)cc1. The zero-order valence-electron chi connectivity index (χ0n) is 10.1. The van der Waals surface area contributed by atoms with E-state index in [4.69, 9.17) is 22.3 Å². The highest BCUT2D eigenvalue weighted by Gasteiger charge is 2.12. The molecular formula is C13H18N4O. The van der Waals surface area contributed by atoms with Crippen molar-refractivity contribution in [1.29, 1.82) is 10.8 Å². The average molecular weight is 246 g/mol. The van der Waals surface area contributed by atoms with Crippen LogP contribution in [0.25, 0.3) is 0 Å². The van der Waals surface area contributed by atoms with Crippen molar-refractivity contribution in [1.82, 2.24) is 0 Å². The third-order valence-corrected chi connectivity index (χ3v) is 2.82. The number of carbonyl (C=O) groups excluding carboxylic acids is 1. The molecule has 96 valence electrons. The maximum Gasteiger partial charge on any atom is 0.122 e. The fourth-order valence-electron chi connectivity index (χ4n) is 1.74. The van der Waals surface area contributed by atoms with E-state index in [0.29, 0.717) is 24.8 Å². The van der Waals surface area contributed by atoms with Gasteiger partial charge in [-0.25, -0.2) is 0 Å². The number of hydrogen-bond donors (Lipinski definition) is 4. The minimum Gasteiger partial charge on any atom is -0.387 e. The van der Waals surface area contributed by atoms with E-state index in [2.05, 4.69) is 0 Å². The molecule has 0 radical (unpaired) electrons. The standard InChI is InChI=1S/C13H18N4O/c14-12(15)10-5-3-9(4-6-10)8-11(13(16)17)2-1-7-18/h3-7,11H,1-2,8H2,(H3,14,15)(H3,16,17). The second kappa shape index (κ2) is 6.54. The fourth-order valence-corrected chi connectivity index (χ4v) is 1.74. The van der Waals surface area contributed by atoms with E-state index in [9.17, 15) is 4.79 Å². The van der Waals surface area contributed by atoms with Gasteiger partial charge in [0.2, 0.25) is 0 Å². The average Bonchev–Trinajstić information content (AvgIpc) is 2.34. The first-order valence-corrected chi connectivity index (χ1v) is 5.75. The van der Waals surface area contributed by atoms with Crippen LogP contribution in [-0.4, -0.2) is 18.0 Å². The summed E-state index contributed by atoms with van der Waals surface area (Å²) in [6, 6.07) is 7.28. The second-order valence-corrected chi connectivity index (χ2v) is 4.21. The normalized spacial score (nSPS) is 11.8. The van der Waals surface area contributed by atoms with Gasteiger partial charge in [-0.05, 0) is 18.4 Å². The molecule has 1 aromatic rings. The van der Waals surface area contributed by atoms with Gasteiger partial charge in [0, 0.05) is 17.9 Å². The van der Waals surface area contributed by atoms with Gasteiger partial charge in [-0.15, -0.1) is 0 Å². The van der Waals surface area contributed by atoms with Crippen molar-refractivity contribution in [2.75, 3.05) is 0 Å². The molecule has 6 N–H and O–H groups in total. The summed E-state index contributed by atoms with van der Waals surface area (Å²) >= 11 is 0. The highest BCUT2D eigenvalue weighted by molar-refractivity contribution is 5.94. The Labute approximate surface area is 106 Å². The monoisotopic (exact) mass is 246 g/mol. The highest BCUT2D eigenvalue weighted by Crippen LogP contribution is 2.14. The van der Waals surface area contributed by atoms with E-state index in [1.807, 2.05) is 12.1 Å². The van der Waals surface area contributed by atoms with Gasteiger partial charge >= 0.3 is 0 Å². The number of nitrogens with two attached hydrogens (primary N) is 2. The molecule has 0 heterocycles. The summed E-state index contributed by atoms with van der Waals surface area (Å²) in [5, 5.41) is 14.8. The molecule has 0 fully saturated rings. The molecular weight excluding hydrogens is 228 g/mol. The van der Waals surface area contributed by atoms with Crippen LogP contribution in [-0.2, 0) is 11.2 Å². The smallest absolute Gasteiger partial charge is 0.122 e. The van der Waals surface area contributed by atoms with Crippen molar-refractivity contribution < 1.29 is 4.79 Å². The Kier molecular flexibility index (Phi) is 5.05. The third kappa shape index (κ3) is 4.01. The Morgan fingerprint density at radius 2 is 1.83 bits per heavy atom. The maximum atomic E-state index is 10.4. The Morgan fingerprint density at radius 3 is 2.28 bits per heavy atom. The van der Waals surface area contributed by atoms with E-state index >= 15 is 0 Å². The zero-order chi connectivity index (χ0) is 13.5. The van der Waals surface area contributed by atoms with E-state index in [0.717, 1.165) is 11.8 Å². The number of rotatable bonds is 7. The quantitative estimate of drug-likeness (QED) is 0.327. The first-order valence-electron chi connectivity index (χ1n) is 5.75. The van der Waals surface area contributed by atoms with Gasteiger partial charge in [0.05, 0.1) is 5.84 Å². The van der Waals surface area contributed by atoms with Crippen LogP contribution >= 0.6 is 0 Å². The van der Waals surface area contributed by atoms with Crippen LogP contribution in [0.3, 0.4) is 0 Å². The predicted molar refractivity (Wildman–Crippen MR) is 71.9 cm³/mol. The fraction of sp³-hybridized carbons (Fsp3) is 0.308.